The first kappa shape index (κ1) is 21.1. The van der Waals surface area contributed by atoms with Crippen molar-refractivity contribution in [2.75, 3.05) is 6.61 Å². The van der Waals surface area contributed by atoms with Crippen LogP contribution in [0, 0.1) is 23.7 Å². The molecule has 2 aliphatic carbocycles. The van der Waals surface area contributed by atoms with Crippen molar-refractivity contribution in [1.29, 1.82) is 0 Å². The van der Waals surface area contributed by atoms with E-state index in [1.807, 2.05) is 12.2 Å². The Bertz CT molecular complexity index is 925. The topological polar surface area (TPSA) is 85.3 Å². The average Bonchev–Trinajstić information content (AvgIpc) is 3.37. The van der Waals surface area contributed by atoms with Crippen LogP contribution in [0.4, 0.5) is 0 Å². The van der Waals surface area contributed by atoms with Crippen LogP contribution in [-0.4, -0.2) is 41.7 Å². The number of benzene rings is 1. The first-order valence-electron chi connectivity index (χ1n) is 9.74. The number of hydrogen-bond acceptors (Lipinski definition) is 6. The fraction of sp³-hybridized carbons (Fsp3) is 0.429. The molecule has 1 aliphatic heterocycles. The molecule has 1 saturated carbocycles. The minimum Gasteiger partial charge on any atom is -0.476 e. The lowest BCUT2D eigenvalue weighted by Gasteiger charge is -2.16. The lowest BCUT2D eigenvalue weighted by Crippen LogP contribution is -2.28. The zero-order chi connectivity index (χ0) is 21.6. The van der Waals surface area contributed by atoms with Crippen LogP contribution in [0.3, 0.4) is 0 Å². The summed E-state index contributed by atoms with van der Waals surface area (Å²) in [6.07, 6.45) is 5.54. The van der Waals surface area contributed by atoms with Gasteiger partial charge in [-0.1, -0.05) is 23.8 Å². The van der Waals surface area contributed by atoms with Crippen molar-refractivity contribution in [2.45, 2.75) is 26.4 Å². The van der Waals surface area contributed by atoms with Gasteiger partial charge in [0.05, 0.1) is 34.2 Å². The van der Waals surface area contributed by atoms with Crippen LogP contribution in [0.5, 0.6) is 5.75 Å². The third kappa shape index (κ3) is 3.56. The molecule has 2 fully saturated rings. The number of nitrogens with zero attached hydrogens (tertiary/aromatic N) is 2. The molecule has 30 heavy (non-hydrogen) atoms. The van der Waals surface area contributed by atoms with E-state index < -0.39 is 12.1 Å². The van der Waals surface area contributed by atoms with Crippen LogP contribution >= 0.6 is 27.5 Å². The molecule has 2 bridgehead atoms. The molecule has 5 unspecified atom stereocenters. The van der Waals surface area contributed by atoms with Gasteiger partial charge < -0.3 is 9.47 Å². The van der Waals surface area contributed by atoms with E-state index in [0.717, 1.165) is 11.4 Å². The SMILES string of the molecule is CCOC(=O)C(C)Oc1c(Cl)cc(C=NN2C(=O)C3C4C=CC(C4)C3C2=O)cc1Br. The number of carbonyl (C=O) groups is 3. The lowest BCUT2D eigenvalue weighted by atomic mass is 9.85. The number of allylic oxidation sites excluding steroid dienone is 2. The average molecular weight is 496 g/mol. The zero-order valence-corrected chi connectivity index (χ0v) is 18.7. The van der Waals surface area contributed by atoms with Gasteiger partial charge in [0.1, 0.15) is 0 Å². The molecule has 0 N–H and O–H groups in total. The standard InChI is InChI=1S/C21H20BrClN2O5/c1-3-29-21(28)10(2)30-18-14(22)6-11(7-15(18)23)9-24-25-19(26)16-12-4-5-13(8-12)17(16)20(25)27/h4-7,9-10,12-13,16-17H,3,8H2,1-2H3. The van der Waals surface area contributed by atoms with Crippen molar-refractivity contribution in [3.63, 3.8) is 0 Å². The number of esters is 1. The van der Waals surface area contributed by atoms with Crippen molar-refractivity contribution in [3.05, 3.63) is 39.3 Å². The third-order valence-corrected chi connectivity index (χ3v) is 6.57. The molecule has 3 aliphatic rings. The summed E-state index contributed by atoms with van der Waals surface area (Å²) < 4.78 is 11.0. The first-order valence-corrected chi connectivity index (χ1v) is 10.9. The van der Waals surface area contributed by atoms with E-state index in [2.05, 4.69) is 21.0 Å². The summed E-state index contributed by atoms with van der Waals surface area (Å²) in [5, 5.41) is 5.38. The molecule has 5 atom stereocenters. The number of amides is 2. The number of hydrogen-bond donors (Lipinski definition) is 0. The first-order chi connectivity index (χ1) is 14.3. The number of rotatable bonds is 6. The Morgan fingerprint density at radius 1 is 1.30 bits per heavy atom. The van der Waals surface area contributed by atoms with Gasteiger partial charge in [0.15, 0.2) is 11.9 Å². The Hall–Kier alpha value is -2.19. The van der Waals surface area contributed by atoms with Crippen LogP contribution in [0.1, 0.15) is 25.8 Å². The van der Waals surface area contributed by atoms with Gasteiger partial charge >= 0.3 is 5.97 Å². The maximum Gasteiger partial charge on any atom is 0.347 e. The van der Waals surface area contributed by atoms with E-state index in [1.54, 1.807) is 26.0 Å². The summed E-state index contributed by atoms with van der Waals surface area (Å²) in [5.41, 5.74) is 0.571. The van der Waals surface area contributed by atoms with E-state index >= 15 is 0 Å². The van der Waals surface area contributed by atoms with E-state index in [9.17, 15) is 14.4 Å². The van der Waals surface area contributed by atoms with Gasteiger partial charge in [-0.3, -0.25) is 9.59 Å². The number of imide groups is 1. The summed E-state index contributed by atoms with van der Waals surface area (Å²) in [6, 6.07) is 3.26. The molecule has 7 nitrogen and oxygen atoms in total. The molecule has 1 aromatic carbocycles. The number of carbonyl (C=O) groups excluding carboxylic acids is 3. The summed E-state index contributed by atoms with van der Waals surface area (Å²) in [6.45, 7) is 3.54. The van der Waals surface area contributed by atoms with Crippen LogP contribution in [-0.2, 0) is 19.1 Å². The van der Waals surface area contributed by atoms with Gasteiger partial charge in [-0.2, -0.15) is 10.1 Å². The van der Waals surface area contributed by atoms with E-state index in [4.69, 9.17) is 21.1 Å². The van der Waals surface area contributed by atoms with Gasteiger partial charge in [0, 0.05) is 0 Å². The van der Waals surface area contributed by atoms with Gasteiger partial charge in [-0.05, 0) is 65.7 Å². The molecular weight excluding hydrogens is 476 g/mol. The predicted octanol–water partition coefficient (Wildman–Crippen LogP) is 3.57. The van der Waals surface area contributed by atoms with Crippen molar-refractivity contribution in [2.24, 2.45) is 28.8 Å². The monoisotopic (exact) mass is 494 g/mol. The highest BCUT2D eigenvalue weighted by Gasteiger charge is 2.59. The fourth-order valence-electron chi connectivity index (χ4n) is 4.38. The van der Waals surface area contributed by atoms with E-state index in [-0.39, 0.29) is 47.1 Å². The Balaban J connectivity index is 1.49. The molecular formula is C21H20BrClN2O5. The molecule has 158 valence electrons. The summed E-state index contributed by atoms with van der Waals surface area (Å²) in [5.74, 6) is -1.000. The maximum absolute atomic E-state index is 12.7. The third-order valence-electron chi connectivity index (χ3n) is 5.70. The van der Waals surface area contributed by atoms with Crippen LogP contribution in [0.15, 0.2) is 33.9 Å². The second kappa shape index (κ2) is 8.15. The maximum atomic E-state index is 12.7. The number of fused-ring (bicyclic) bond motifs is 5. The van der Waals surface area contributed by atoms with Crippen molar-refractivity contribution >= 4 is 51.5 Å². The molecule has 4 rings (SSSR count). The second-order valence-electron chi connectivity index (χ2n) is 7.56. The minimum atomic E-state index is -0.832. The number of ether oxygens (including phenoxy) is 2. The smallest absolute Gasteiger partial charge is 0.347 e. The molecule has 0 aromatic heterocycles. The summed E-state index contributed by atoms with van der Waals surface area (Å²) in [4.78, 5) is 37.2. The van der Waals surface area contributed by atoms with E-state index in [0.29, 0.717) is 15.8 Å². The molecule has 1 heterocycles. The Morgan fingerprint density at radius 2 is 1.93 bits per heavy atom. The minimum absolute atomic E-state index is 0.137. The highest BCUT2D eigenvalue weighted by molar-refractivity contribution is 9.10. The molecule has 2 amide bonds. The molecule has 0 spiro atoms. The normalized spacial score (nSPS) is 27.8. The van der Waals surface area contributed by atoms with Gasteiger partial charge in [-0.25, -0.2) is 4.79 Å². The molecule has 0 radical (unpaired) electrons. The quantitative estimate of drug-likeness (QED) is 0.261. The van der Waals surface area contributed by atoms with Crippen molar-refractivity contribution < 1.29 is 23.9 Å². The number of hydrazone groups is 1. The van der Waals surface area contributed by atoms with Gasteiger partial charge in [-0.15, -0.1) is 0 Å². The van der Waals surface area contributed by atoms with Gasteiger partial charge in [0.25, 0.3) is 11.8 Å². The largest absolute Gasteiger partial charge is 0.476 e. The summed E-state index contributed by atoms with van der Waals surface area (Å²) in [7, 11) is 0. The van der Waals surface area contributed by atoms with Gasteiger partial charge in [0.2, 0.25) is 0 Å². The van der Waals surface area contributed by atoms with Crippen molar-refractivity contribution in [3.8, 4) is 5.75 Å². The van der Waals surface area contributed by atoms with E-state index in [1.165, 1.54) is 6.21 Å². The predicted molar refractivity (Wildman–Crippen MR) is 113 cm³/mol. The molecule has 9 heteroatoms. The Labute approximate surface area is 187 Å². The van der Waals surface area contributed by atoms with Crippen LogP contribution in [0.25, 0.3) is 0 Å². The number of halogens is 2. The molecule has 1 saturated heterocycles. The molecule has 1 aromatic rings. The van der Waals surface area contributed by atoms with Crippen LogP contribution in [0.2, 0.25) is 5.02 Å². The summed E-state index contributed by atoms with van der Waals surface area (Å²) >= 11 is 9.69. The second-order valence-corrected chi connectivity index (χ2v) is 8.82. The highest BCUT2D eigenvalue weighted by atomic mass is 79.9. The fourth-order valence-corrected chi connectivity index (χ4v) is 5.33. The lowest BCUT2D eigenvalue weighted by molar-refractivity contribution is -0.150. The van der Waals surface area contributed by atoms with Crippen molar-refractivity contribution in [1.82, 2.24) is 5.01 Å². The highest BCUT2D eigenvalue weighted by Crippen LogP contribution is 2.52. The Morgan fingerprint density at radius 3 is 2.50 bits per heavy atom. The zero-order valence-electron chi connectivity index (χ0n) is 16.4. The Kier molecular flexibility index (Phi) is 5.72. The van der Waals surface area contributed by atoms with Crippen LogP contribution < -0.4 is 4.74 Å².